The van der Waals surface area contributed by atoms with E-state index in [-0.39, 0.29) is 6.10 Å². The van der Waals surface area contributed by atoms with E-state index in [1.165, 1.54) is 0 Å². The SMILES string of the molecule is C=NC(=O)O[C@H]1CCOC1. The van der Waals surface area contributed by atoms with Crippen LogP contribution >= 0.6 is 0 Å². The normalized spacial score (nSPS) is 24.2. The number of amides is 1. The molecule has 1 aliphatic heterocycles. The number of hydrogen-bond acceptors (Lipinski definition) is 3. The Labute approximate surface area is 58.8 Å². The maximum absolute atomic E-state index is 10.5. The average molecular weight is 143 g/mol. The smallest absolute Gasteiger partial charge is 0.433 e. The van der Waals surface area contributed by atoms with Gasteiger partial charge in [0.15, 0.2) is 0 Å². The fourth-order valence-corrected chi connectivity index (χ4v) is 0.786. The van der Waals surface area contributed by atoms with Crippen LogP contribution < -0.4 is 0 Å². The highest BCUT2D eigenvalue weighted by Gasteiger charge is 2.18. The van der Waals surface area contributed by atoms with Gasteiger partial charge in [-0.15, -0.1) is 0 Å². The Morgan fingerprint density at radius 3 is 3.10 bits per heavy atom. The molecule has 1 atom stereocenters. The van der Waals surface area contributed by atoms with Crippen LogP contribution in [0.3, 0.4) is 0 Å². The highest BCUT2D eigenvalue weighted by atomic mass is 16.6. The van der Waals surface area contributed by atoms with Gasteiger partial charge < -0.3 is 9.47 Å². The van der Waals surface area contributed by atoms with Gasteiger partial charge in [-0.1, -0.05) is 0 Å². The maximum atomic E-state index is 10.5. The fraction of sp³-hybridized carbons (Fsp3) is 0.667. The molecule has 1 rings (SSSR count). The third-order valence-electron chi connectivity index (χ3n) is 1.28. The van der Waals surface area contributed by atoms with E-state index in [4.69, 9.17) is 9.47 Å². The molecule has 1 amide bonds. The molecule has 0 N–H and O–H groups in total. The number of carbonyl (C=O) groups excluding carboxylic acids is 1. The van der Waals surface area contributed by atoms with Gasteiger partial charge >= 0.3 is 6.09 Å². The minimum atomic E-state index is -0.615. The molecular formula is C6H9NO3. The summed E-state index contributed by atoms with van der Waals surface area (Å²) in [6.45, 7) is 4.19. The lowest BCUT2D eigenvalue weighted by atomic mass is 10.3. The monoisotopic (exact) mass is 143 g/mol. The lowest BCUT2D eigenvalue weighted by Gasteiger charge is -2.05. The van der Waals surface area contributed by atoms with Crippen molar-refractivity contribution >= 4 is 12.8 Å². The Hall–Kier alpha value is -0.900. The first-order chi connectivity index (χ1) is 4.83. The predicted molar refractivity (Wildman–Crippen MR) is 35.3 cm³/mol. The molecule has 0 aliphatic carbocycles. The largest absolute Gasteiger partial charge is 0.442 e. The second-order valence-corrected chi connectivity index (χ2v) is 2.03. The highest BCUT2D eigenvalue weighted by molar-refractivity contribution is 5.73. The van der Waals surface area contributed by atoms with Crippen molar-refractivity contribution < 1.29 is 14.3 Å². The van der Waals surface area contributed by atoms with Crippen LogP contribution in [0.5, 0.6) is 0 Å². The summed E-state index contributed by atoms with van der Waals surface area (Å²) in [6, 6.07) is 0. The zero-order valence-corrected chi connectivity index (χ0v) is 5.58. The molecule has 10 heavy (non-hydrogen) atoms. The van der Waals surface area contributed by atoms with Crippen molar-refractivity contribution in [3.63, 3.8) is 0 Å². The first-order valence-electron chi connectivity index (χ1n) is 3.08. The molecule has 1 heterocycles. The molecule has 0 aromatic rings. The van der Waals surface area contributed by atoms with Crippen LogP contribution in [-0.4, -0.2) is 32.1 Å². The van der Waals surface area contributed by atoms with Gasteiger partial charge in [0.2, 0.25) is 0 Å². The molecule has 0 unspecified atom stereocenters. The topological polar surface area (TPSA) is 47.9 Å². The standard InChI is InChI=1S/C6H9NO3/c1-7-6(8)10-5-2-3-9-4-5/h5H,1-4H2/t5-/m0/s1. The predicted octanol–water partition coefficient (Wildman–Crippen LogP) is 0.613. The third kappa shape index (κ3) is 1.80. The summed E-state index contributed by atoms with van der Waals surface area (Å²) in [6.07, 6.45) is 0.0369. The Balaban J connectivity index is 2.23. The van der Waals surface area contributed by atoms with Crippen LogP contribution in [0.25, 0.3) is 0 Å². The van der Waals surface area contributed by atoms with Crippen molar-refractivity contribution in [1.82, 2.24) is 0 Å². The van der Waals surface area contributed by atoms with Crippen LogP contribution in [0.4, 0.5) is 4.79 Å². The van der Waals surface area contributed by atoms with Gasteiger partial charge in [0, 0.05) is 6.42 Å². The molecule has 0 aromatic heterocycles. The summed E-state index contributed by atoms with van der Waals surface area (Å²) in [7, 11) is 0. The lowest BCUT2D eigenvalue weighted by Crippen LogP contribution is -2.15. The molecule has 0 aromatic carbocycles. The van der Waals surface area contributed by atoms with Crippen molar-refractivity contribution in [1.29, 1.82) is 0 Å². The zero-order valence-electron chi connectivity index (χ0n) is 5.58. The number of rotatable bonds is 1. The van der Waals surface area contributed by atoms with Gasteiger partial charge in [-0.05, 0) is 6.72 Å². The van der Waals surface area contributed by atoms with E-state index in [1.807, 2.05) is 0 Å². The van der Waals surface area contributed by atoms with E-state index in [0.29, 0.717) is 13.2 Å². The molecule has 1 fully saturated rings. The van der Waals surface area contributed by atoms with Crippen LogP contribution in [0.1, 0.15) is 6.42 Å². The van der Waals surface area contributed by atoms with Crippen LogP contribution in [0, 0.1) is 0 Å². The Bertz CT molecular complexity index is 140. The average Bonchev–Trinajstić information content (AvgIpc) is 2.40. The number of aliphatic imine (C=N–C) groups is 1. The zero-order chi connectivity index (χ0) is 7.40. The molecule has 56 valence electrons. The molecule has 4 heteroatoms. The van der Waals surface area contributed by atoms with E-state index >= 15 is 0 Å². The van der Waals surface area contributed by atoms with Gasteiger partial charge in [-0.2, -0.15) is 4.99 Å². The first kappa shape index (κ1) is 7.21. The Morgan fingerprint density at radius 1 is 1.80 bits per heavy atom. The molecule has 0 spiro atoms. The van der Waals surface area contributed by atoms with Crippen LogP contribution in [0.2, 0.25) is 0 Å². The van der Waals surface area contributed by atoms with E-state index < -0.39 is 6.09 Å². The Kier molecular flexibility index (Phi) is 2.39. The van der Waals surface area contributed by atoms with Crippen molar-refractivity contribution in [3.8, 4) is 0 Å². The van der Waals surface area contributed by atoms with Gasteiger partial charge in [-0.3, -0.25) is 0 Å². The van der Waals surface area contributed by atoms with Gasteiger partial charge in [-0.25, -0.2) is 4.79 Å². The third-order valence-corrected chi connectivity index (χ3v) is 1.28. The quantitative estimate of drug-likeness (QED) is 0.505. The summed E-state index contributed by atoms with van der Waals surface area (Å²) in [4.78, 5) is 13.5. The first-order valence-corrected chi connectivity index (χ1v) is 3.08. The second-order valence-electron chi connectivity index (χ2n) is 2.03. The van der Waals surface area contributed by atoms with Crippen molar-refractivity contribution in [2.45, 2.75) is 12.5 Å². The van der Waals surface area contributed by atoms with E-state index in [1.54, 1.807) is 0 Å². The van der Waals surface area contributed by atoms with Gasteiger partial charge in [0.1, 0.15) is 6.10 Å². The van der Waals surface area contributed by atoms with E-state index in [0.717, 1.165) is 6.42 Å². The Morgan fingerprint density at radius 2 is 2.60 bits per heavy atom. The lowest BCUT2D eigenvalue weighted by molar-refractivity contribution is 0.0905. The molecule has 1 aliphatic rings. The summed E-state index contributed by atoms with van der Waals surface area (Å²) in [5.74, 6) is 0. The van der Waals surface area contributed by atoms with Crippen LogP contribution in [0.15, 0.2) is 4.99 Å². The van der Waals surface area contributed by atoms with Crippen molar-refractivity contribution in [3.05, 3.63) is 0 Å². The fourth-order valence-electron chi connectivity index (χ4n) is 0.786. The molecule has 4 nitrogen and oxygen atoms in total. The molecule has 0 radical (unpaired) electrons. The molecule has 0 bridgehead atoms. The van der Waals surface area contributed by atoms with E-state index in [2.05, 4.69) is 11.7 Å². The van der Waals surface area contributed by atoms with E-state index in [9.17, 15) is 4.79 Å². The highest BCUT2D eigenvalue weighted by Crippen LogP contribution is 2.08. The van der Waals surface area contributed by atoms with Crippen molar-refractivity contribution in [2.24, 2.45) is 4.99 Å². The molecule has 1 saturated heterocycles. The number of ether oxygens (including phenoxy) is 2. The van der Waals surface area contributed by atoms with Crippen molar-refractivity contribution in [2.75, 3.05) is 13.2 Å². The summed E-state index contributed by atoms with van der Waals surface area (Å²) in [5.41, 5.74) is 0. The summed E-state index contributed by atoms with van der Waals surface area (Å²) in [5, 5.41) is 0. The number of carbonyl (C=O) groups is 1. The molecular weight excluding hydrogens is 134 g/mol. The van der Waals surface area contributed by atoms with Crippen LogP contribution in [-0.2, 0) is 9.47 Å². The minimum absolute atomic E-state index is 0.113. The van der Waals surface area contributed by atoms with Gasteiger partial charge in [0.05, 0.1) is 13.2 Å². The summed E-state index contributed by atoms with van der Waals surface area (Å²) < 4.78 is 9.73. The second kappa shape index (κ2) is 3.31. The number of hydrogen-bond donors (Lipinski definition) is 0. The minimum Gasteiger partial charge on any atom is -0.442 e. The van der Waals surface area contributed by atoms with Gasteiger partial charge in [0.25, 0.3) is 0 Å². The molecule has 0 saturated carbocycles. The number of nitrogens with zero attached hydrogens (tertiary/aromatic N) is 1. The summed E-state index contributed by atoms with van der Waals surface area (Å²) >= 11 is 0. The maximum Gasteiger partial charge on any atom is 0.433 e.